The molecule has 78 valence electrons. The van der Waals surface area contributed by atoms with Gasteiger partial charge in [-0.05, 0) is 24.4 Å². The van der Waals surface area contributed by atoms with Crippen LogP contribution in [0.1, 0.15) is 37.9 Å². The highest BCUT2D eigenvalue weighted by Gasteiger charge is 2.36. The summed E-state index contributed by atoms with van der Waals surface area (Å²) in [6.45, 7) is 0. The van der Waals surface area contributed by atoms with Crippen molar-refractivity contribution in [3.05, 3.63) is 11.1 Å². The van der Waals surface area contributed by atoms with Crippen molar-refractivity contribution in [3.63, 3.8) is 0 Å². The molecular weight excluding hydrogens is 202 g/mol. The highest BCUT2D eigenvalue weighted by molar-refractivity contribution is 6.28. The third kappa shape index (κ3) is 1.64. The average molecular weight is 216 g/mol. The monoisotopic (exact) mass is 215 g/mol. The van der Waals surface area contributed by atoms with Crippen LogP contribution in [0.15, 0.2) is 0 Å². The molecular formula is C9H14ClN3O. The van der Waals surface area contributed by atoms with E-state index in [4.69, 9.17) is 16.3 Å². The molecule has 0 radical (unpaired) electrons. The zero-order valence-electron chi connectivity index (χ0n) is 8.22. The Labute approximate surface area is 88.0 Å². The molecule has 0 unspecified atom stereocenters. The second kappa shape index (κ2) is 3.87. The second-order valence-electron chi connectivity index (χ2n) is 3.71. The van der Waals surface area contributed by atoms with Gasteiger partial charge in [0.25, 0.3) is 0 Å². The van der Waals surface area contributed by atoms with Gasteiger partial charge in [0.15, 0.2) is 5.82 Å². The number of aromatic nitrogens is 3. The summed E-state index contributed by atoms with van der Waals surface area (Å²) in [5.41, 5.74) is -0.279. The Kier molecular flexibility index (Phi) is 2.74. The van der Waals surface area contributed by atoms with Crippen LogP contribution in [0.2, 0.25) is 5.28 Å². The number of aromatic amines is 1. The summed E-state index contributed by atoms with van der Waals surface area (Å²) >= 11 is 5.69. The van der Waals surface area contributed by atoms with Gasteiger partial charge in [-0.3, -0.25) is 5.10 Å². The molecule has 0 atom stereocenters. The Morgan fingerprint density at radius 2 is 2.07 bits per heavy atom. The lowest BCUT2D eigenvalue weighted by atomic mass is 9.84. The number of nitrogens with zero attached hydrogens (tertiary/aromatic N) is 2. The number of ether oxygens (including phenoxy) is 1. The van der Waals surface area contributed by atoms with Crippen LogP contribution in [0.25, 0.3) is 0 Å². The first kappa shape index (κ1) is 9.93. The maximum Gasteiger partial charge on any atom is 0.242 e. The summed E-state index contributed by atoms with van der Waals surface area (Å²) < 4.78 is 5.59. The largest absolute Gasteiger partial charge is 0.370 e. The molecule has 1 heterocycles. The fraction of sp³-hybridized carbons (Fsp3) is 0.778. The van der Waals surface area contributed by atoms with E-state index in [0.29, 0.717) is 0 Å². The van der Waals surface area contributed by atoms with Gasteiger partial charge in [0, 0.05) is 7.11 Å². The minimum Gasteiger partial charge on any atom is -0.370 e. The number of hydrogen-bond donors (Lipinski definition) is 1. The highest BCUT2D eigenvalue weighted by Crippen LogP contribution is 2.38. The number of H-pyrrole nitrogens is 1. The number of halogens is 1. The minimum atomic E-state index is -0.279. The summed E-state index contributed by atoms with van der Waals surface area (Å²) in [4.78, 5) is 4.15. The van der Waals surface area contributed by atoms with Crippen molar-refractivity contribution < 1.29 is 4.74 Å². The summed E-state index contributed by atoms with van der Waals surface area (Å²) in [6.07, 6.45) is 5.61. The molecule has 2 rings (SSSR count). The van der Waals surface area contributed by atoms with Gasteiger partial charge in [-0.15, -0.1) is 5.10 Å². The molecule has 1 fully saturated rings. The van der Waals surface area contributed by atoms with Crippen LogP contribution in [0, 0.1) is 0 Å². The summed E-state index contributed by atoms with van der Waals surface area (Å²) in [5, 5.41) is 6.95. The standard InChI is InChI=1S/C9H14ClN3O/c1-14-9(5-3-2-4-6-9)7-11-8(10)13-12-7/h2-6H2,1H3,(H,11,12,13). The molecule has 0 aliphatic heterocycles. The lowest BCUT2D eigenvalue weighted by molar-refractivity contribution is -0.0512. The van der Waals surface area contributed by atoms with Crippen LogP contribution in [0.3, 0.4) is 0 Å². The molecule has 1 aliphatic rings. The zero-order valence-corrected chi connectivity index (χ0v) is 8.97. The van der Waals surface area contributed by atoms with E-state index in [9.17, 15) is 0 Å². The van der Waals surface area contributed by atoms with Crippen molar-refractivity contribution in [2.75, 3.05) is 7.11 Å². The molecule has 4 nitrogen and oxygen atoms in total. The third-order valence-electron chi connectivity index (χ3n) is 2.94. The van der Waals surface area contributed by atoms with Crippen LogP contribution in [-0.2, 0) is 10.3 Å². The van der Waals surface area contributed by atoms with Gasteiger partial charge in [0.1, 0.15) is 5.60 Å². The van der Waals surface area contributed by atoms with E-state index >= 15 is 0 Å². The van der Waals surface area contributed by atoms with Gasteiger partial charge in [0.05, 0.1) is 0 Å². The number of nitrogens with one attached hydrogen (secondary N) is 1. The van der Waals surface area contributed by atoms with E-state index in [-0.39, 0.29) is 10.9 Å². The molecule has 0 aromatic carbocycles. The Hall–Kier alpha value is -0.610. The van der Waals surface area contributed by atoms with Gasteiger partial charge in [0.2, 0.25) is 5.28 Å². The molecule has 1 aromatic heterocycles. The minimum absolute atomic E-state index is 0.266. The molecule has 1 saturated carbocycles. The molecule has 14 heavy (non-hydrogen) atoms. The van der Waals surface area contributed by atoms with E-state index in [1.165, 1.54) is 19.3 Å². The van der Waals surface area contributed by atoms with Crippen LogP contribution in [0.4, 0.5) is 0 Å². The predicted molar refractivity (Wildman–Crippen MR) is 53.2 cm³/mol. The molecule has 5 heteroatoms. The van der Waals surface area contributed by atoms with E-state index < -0.39 is 0 Å². The smallest absolute Gasteiger partial charge is 0.242 e. The molecule has 0 spiro atoms. The molecule has 1 N–H and O–H groups in total. The van der Waals surface area contributed by atoms with Gasteiger partial charge >= 0.3 is 0 Å². The van der Waals surface area contributed by atoms with Crippen LogP contribution >= 0.6 is 11.6 Å². The number of methoxy groups -OCH3 is 1. The topological polar surface area (TPSA) is 50.8 Å². The second-order valence-corrected chi connectivity index (χ2v) is 4.05. The normalized spacial score (nSPS) is 21.0. The number of hydrogen-bond acceptors (Lipinski definition) is 3. The summed E-state index contributed by atoms with van der Waals surface area (Å²) in [5.74, 6) is 0.768. The SMILES string of the molecule is COC1(c2nc(Cl)n[nH]2)CCCCC1. The van der Waals surface area contributed by atoms with Gasteiger partial charge in [-0.25, -0.2) is 0 Å². The van der Waals surface area contributed by atoms with Gasteiger partial charge in [-0.2, -0.15) is 4.98 Å². The molecule has 1 aromatic rings. The first-order chi connectivity index (χ1) is 6.77. The molecule has 0 amide bonds. The van der Waals surface area contributed by atoms with Crippen molar-refractivity contribution in [2.24, 2.45) is 0 Å². The maximum atomic E-state index is 5.69. The fourth-order valence-electron chi connectivity index (χ4n) is 2.11. The first-order valence-electron chi connectivity index (χ1n) is 4.90. The van der Waals surface area contributed by atoms with Crippen LogP contribution < -0.4 is 0 Å². The van der Waals surface area contributed by atoms with Crippen LogP contribution in [0.5, 0.6) is 0 Å². The maximum absolute atomic E-state index is 5.69. The van der Waals surface area contributed by atoms with E-state index in [1.807, 2.05) is 0 Å². The molecule has 1 aliphatic carbocycles. The summed E-state index contributed by atoms with van der Waals surface area (Å²) in [6, 6.07) is 0. The Balaban J connectivity index is 2.26. The average Bonchev–Trinajstić information content (AvgIpc) is 2.66. The van der Waals surface area contributed by atoms with E-state index in [1.54, 1.807) is 7.11 Å². The lowest BCUT2D eigenvalue weighted by Crippen LogP contribution is -2.32. The Morgan fingerprint density at radius 3 is 2.57 bits per heavy atom. The van der Waals surface area contributed by atoms with Crippen molar-refractivity contribution in [2.45, 2.75) is 37.7 Å². The predicted octanol–water partition coefficient (Wildman–Crippen LogP) is 2.26. The first-order valence-corrected chi connectivity index (χ1v) is 5.28. The Morgan fingerprint density at radius 1 is 1.36 bits per heavy atom. The third-order valence-corrected chi connectivity index (χ3v) is 3.11. The zero-order chi connectivity index (χ0) is 10.0. The van der Waals surface area contributed by atoms with E-state index in [0.717, 1.165) is 18.7 Å². The van der Waals surface area contributed by atoms with Gasteiger partial charge in [-0.1, -0.05) is 19.3 Å². The molecule has 0 saturated heterocycles. The van der Waals surface area contributed by atoms with E-state index in [2.05, 4.69) is 15.2 Å². The number of rotatable bonds is 2. The van der Waals surface area contributed by atoms with Crippen molar-refractivity contribution in [1.82, 2.24) is 15.2 Å². The highest BCUT2D eigenvalue weighted by atomic mass is 35.5. The van der Waals surface area contributed by atoms with Crippen molar-refractivity contribution >= 4 is 11.6 Å². The fourth-order valence-corrected chi connectivity index (χ4v) is 2.23. The Bertz CT molecular complexity index is 307. The van der Waals surface area contributed by atoms with Crippen molar-refractivity contribution in [1.29, 1.82) is 0 Å². The lowest BCUT2D eigenvalue weighted by Gasteiger charge is -2.33. The summed E-state index contributed by atoms with van der Waals surface area (Å²) in [7, 11) is 1.72. The van der Waals surface area contributed by atoms with Gasteiger partial charge < -0.3 is 4.74 Å². The van der Waals surface area contributed by atoms with Crippen molar-refractivity contribution in [3.8, 4) is 0 Å². The quantitative estimate of drug-likeness (QED) is 0.824. The molecule has 0 bridgehead atoms. The van der Waals surface area contributed by atoms with Crippen LogP contribution in [-0.4, -0.2) is 22.3 Å².